The van der Waals surface area contributed by atoms with Crippen molar-refractivity contribution in [3.8, 4) is 6.07 Å². The molecule has 0 saturated carbocycles. The van der Waals surface area contributed by atoms with E-state index in [9.17, 15) is 9.59 Å². The zero-order chi connectivity index (χ0) is 17.1. The molecule has 0 unspecified atom stereocenters. The van der Waals surface area contributed by atoms with E-state index in [4.69, 9.17) is 5.26 Å². The maximum atomic E-state index is 12.2. The third-order valence-corrected chi connectivity index (χ3v) is 3.63. The summed E-state index contributed by atoms with van der Waals surface area (Å²) in [6, 6.07) is 15.0. The molecular weight excluding hydrogens is 304 g/mol. The molecular formula is C18H14N4O2. The number of imide groups is 1. The van der Waals surface area contributed by atoms with Crippen LogP contribution < -0.4 is 10.6 Å². The standard InChI is InChI=1S/C18H14N4O2/c1-22-8-7-13-5-6-14(10-16(13)22)17(23)21-18(24)20-15-4-2-3-12(9-15)11-19/h2-10H,1H3,(H2,20,21,23,24). The minimum atomic E-state index is -0.651. The number of anilines is 1. The first-order valence-electron chi connectivity index (χ1n) is 7.24. The van der Waals surface area contributed by atoms with Gasteiger partial charge in [0.1, 0.15) is 0 Å². The predicted octanol–water partition coefficient (Wildman–Crippen LogP) is 3.01. The van der Waals surface area contributed by atoms with E-state index in [-0.39, 0.29) is 0 Å². The molecule has 6 heteroatoms. The Morgan fingerprint density at radius 2 is 1.96 bits per heavy atom. The number of hydrogen-bond donors (Lipinski definition) is 2. The van der Waals surface area contributed by atoms with Gasteiger partial charge in [0.25, 0.3) is 5.91 Å². The highest BCUT2D eigenvalue weighted by Gasteiger charge is 2.12. The van der Waals surface area contributed by atoms with Crippen molar-refractivity contribution < 1.29 is 9.59 Å². The van der Waals surface area contributed by atoms with Crippen LogP contribution >= 0.6 is 0 Å². The lowest BCUT2D eigenvalue weighted by atomic mass is 10.1. The second-order valence-electron chi connectivity index (χ2n) is 5.30. The Hall–Kier alpha value is -3.59. The fraction of sp³-hybridized carbons (Fsp3) is 0.0556. The molecule has 0 aliphatic rings. The van der Waals surface area contributed by atoms with Crippen LogP contribution in [0.15, 0.2) is 54.7 Å². The molecule has 0 fully saturated rings. The molecule has 2 N–H and O–H groups in total. The van der Waals surface area contributed by atoms with Gasteiger partial charge >= 0.3 is 6.03 Å². The maximum Gasteiger partial charge on any atom is 0.326 e. The van der Waals surface area contributed by atoms with Crippen molar-refractivity contribution in [3.05, 3.63) is 65.9 Å². The summed E-state index contributed by atoms with van der Waals surface area (Å²) >= 11 is 0. The third-order valence-electron chi connectivity index (χ3n) is 3.63. The minimum absolute atomic E-state index is 0.394. The number of rotatable bonds is 2. The zero-order valence-corrected chi connectivity index (χ0v) is 12.9. The van der Waals surface area contributed by atoms with Crippen molar-refractivity contribution in [2.45, 2.75) is 0 Å². The molecule has 0 aliphatic carbocycles. The van der Waals surface area contributed by atoms with E-state index in [1.54, 1.807) is 30.3 Å². The molecule has 118 valence electrons. The number of aromatic nitrogens is 1. The molecule has 3 aromatic rings. The number of benzene rings is 2. The van der Waals surface area contributed by atoms with E-state index in [1.165, 1.54) is 6.07 Å². The zero-order valence-electron chi connectivity index (χ0n) is 12.9. The Morgan fingerprint density at radius 3 is 2.75 bits per heavy atom. The van der Waals surface area contributed by atoms with E-state index in [0.29, 0.717) is 16.8 Å². The van der Waals surface area contributed by atoms with Crippen molar-refractivity contribution >= 4 is 28.5 Å². The lowest BCUT2D eigenvalue weighted by Gasteiger charge is -2.07. The number of fused-ring (bicyclic) bond motifs is 1. The molecule has 24 heavy (non-hydrogen) atoms. The third kappa shape index (κ3) is 3.10. The topological polar surface area (TPSA) is 86.9 Å². The molecule has 0 atom stereocenters. The normalized spacial score (nSPS) is 10.2. The Balaban J connectivity index is 1.72. The summed E-state index contributed by atoms with van der Waals surface area (Å²) in [6.45, 7) is 0. The lowest BCUT2D eigenvalue weighted by molar-refractivity contribution is 0.0967. The first kappa shape index (κ1) is 15.3. The largest absolute Gasteiger partial charge is 0.351 e. The van der Waals surface area contributed by atoms with Crippen LogP contribution in [0.1, 0.15) is 15.9 Å². The molecule has 2 aromatic carbocycles. The van der Waals surface area contributed by atoms with Gasteiger partial charge in [0, 0.05) is 30.0 Å². The number of nitrogens with one attached hydrogen (secondary N) is 2. The molecule has 1 heterocycles. The van der Waals surface area contributed by atoms with Crippen molar-refractivity contribution in [1.29, 1.82) is 5.26 Å². The molecule has 0 bridgehead atoms. The van der Waals surface area contributed by atoms with Crippen LogP contribution in [0.25, 0.3) is 10.9 Å². The number of urea groups is 1. The highest BCUT2D eigenvalue weighted by molar-refractivity contribution is 6.09. The Labute approximate surface area is 138 Å². The fourth-order valence-electron chi connectivity index (χ4n) is 2.41. The van der Waals surface area contributed by atoms with Gasteiger partial charge in [-0.3, -0.25) is 10.1 Å². The predicted molar refractivity (Wildman–Crippen MR) is 90.6 cm³/mol. The average Bonchev–Trinajstić information content (AvgIpc) is 2.95. The van der Waals surface area contributed by atoms with Gasteiger partial charge < -0.3 is 9.88 Å². The summed E-state index contributed by atoms with van der Waals surface area (Å²) in [5.41, 5.74) is 2.17. The number of hydrogen-bond acceptors (Lipinski definition) is 3. The maximum absolute atomic E-state index is 12.2. The molecule has 0 spiro atoms. The van der Waals surface area contributed by atoms with Crippen molar-refractivity contribution in [1.82, 2.24) is 9.88 Å². The average molecular weight is 318 g/mol. The van der Waals surface area contributed by atoms with Crippen LogP contribution in [0.4, 0.5) is 10.5 Å². The summed E-state index contributed by atoms with van der Waals surface area (Å²) in [5, 5.41) is 14.7. The monoisotopic (exact) mass is 318 g/mol. The van der Waals surface area contributed by atoms with Gasteiger partial charge in [-0.25, -0.2) is 4.79 Å². The molecule has 0 saturated heterocycles. The van der Waals surface area contributed by atoms with Gasteiger partial charge in [-0.15, -0.1) is 0 Å². The van der Waals surface area contributed by atoms with Gasteiger partial charge in [-0.05, 0) is 41.8 Å². The Kier molecular flexibility index (Phi) is 4.00. The first-order valence-corrected chi connectivity index (χ1v) is 7.24. The summed E-state index contributed by atoms with van der Waals surface area (Å²) in [7, 11) is 1.89. The Morgan fingerprint density at radius 1 is 1.12 bits per heavy atom. The molecule has 1 aromatic heterocycles. The molecule has 0 radical (unpaired) electrons. The molecule has 0 aliphatic heterocycles. The van der Waals surface area contributed by atoms with E-state index < -0.39 is 11.9 Å². The van der Waals surface area contributed by atoms with Crippen LogP contribution in [0.3, 0.4) is 0 Å². The second-order valence-corrected chi connectivity index (χ2v) is 5.30. The number of nitrogens with zero attached hydrogens (tertiary/aromatic N) is 2. The van der Waals surface area contributed by atoms with Gasteiger partial charge in [-0.1, -0.05) is 12.1 Å². The second kappa shape index (κ2) is 6.26. The van der Waals surface area contributed by atoms with Crippen molar-refractivity contribution in [2.75, 3.05) is 5.32 Å². The van der Waals surface area contributed by atoms with Crippen molar-refractivity contribution in [2.24, 2.45) is 7.05 Å². The number of amides is 3. The Bertz CT molecular complexity index is 982. The molecule has 3 rings (SSSR count). The van der Waals surface area contributed by atoms with Gasteiger partial charge in [0.05, 0.1) is 11.6 Å². The van der Waals surface area contributed by atoms with E-state index in [2.05, 4.69) is 10.6 Å². The fourth-order valence-corrected chi connectivity index (χ4v) is 2.41. The number of nitriles is 1. The summed E-state index contributed by atoms with van der Waals surface area (Å²) in [5.74, 6) is -0.493. The molecule has 3 amide bonds. The number of carbonyl (C=O) groups excluding carboxylic acids is 2. The SMILES string of the molecule is Cn1ccc2ccc(C(=O)NC(=O)Nc3cccc(C#N)c3)cc21. The van der Waals surface area contributed by atoms with Crippen LogP contribution in [-0.2, 0) is 7.05 Å². The molecule has 6 nitrogen and oxygen atoms in total. The quantitative estimate of drug-likeness (QED) is 0.761. The highest BCUT2D eigenvalue weighted by atomic mass is 16.2. The van der Waals surface area contributed by atoms with E-state index >= 15 is 0 Å². The highest BCUT2D eigenvalue weighted by Crippen LogP contribution is 2.16. The smallest absolute Gasteiger partial charge is 0.326 e. The summed E-state index contributed by atoms with van der Waals surface area (Å²) in [6.07, 6.45) is 1.90. The first-order chi connectivity index (χ1) is 11.6. The van der Waals surface area contributed by atoms with E-state index in [0.717, 1.165) is 10.9 Å². The van der Waals surface area contributed by atoms with Crippen molar-refractivity contribution in [3.63, 3.8) is 0 Å². The number of aryl methyl sites for hydroxylation is 1. The van der Waals surface area contributed by atoms with Crippen LogP contribution in [0.5, 0.6) is 0 Å². The van der Waals surface area contributed by atoms with E-state index in [1.807, 2.05) is 36.0 Å². The van der Waals surface area contributed by atoms with Gasteiger partial charge in [-0.2, -0.15) is 5.26 Å². The van der Waals surface area contributed by atoms with Gasteiger partial charge in [0.15, 0.2) is 0 Å². The summed E-state index contributed by atoms with van der Waals surface area (Å²) < 4.78 is 1.90. The number of carbonyl (C=O) groups is 2. The minimum Gasteiger partial charge on any atom is -0.351 e. The lowest BCUT2D eigenvalue weighted by Crippen LogP contribution is -2.34. The van der Waals surface area contributed by atoms with Crippen LogP contribution in [-0.4, -0.2) is 16.5 Å². The summed E-state index contributed by atoms with van der Waals surface area (Å²) in [4.78, 5) is 24.2. The van der Waals surface area contributed by atoms with Crippen LogP contribution in [0.2, 0.25) is 0 Å². The van der Waals surface area contributed by atoms with Crippen LogP contribution in [0, 0.1) is 11.3 Å². The van der Waals surface area contributed by atoms with Gasteiger partial charge in [0.2, 0.25) is 0 Å².